The zero-order chi connectivity index (χ0) is 18.2. The second-order valence-corrected chi connectivity index (χ2v) is 8.47. The van der Waals surface area contributed by atoms with Crippen LogP contribution in [0.4, 0.5) is 18.9 Å². The van der Waals surface area contributed by atoms with E-state index in [0.29, 0.717) is 0 Å². The van der Waals surface area contributed by atoms with Crippen LogP contribution in [0, 0.1) is 6.92 Å². The molecule has 25 heavy (non-hydrogen) atoms. The molecule has 132 valence electrons. The molecule has 0 amide bonds. The summed E-state index contributed by atoms with van der Waals surface area (Å²) in [7, 11) is -9.42. The maximum atomic E-state index is 12.4. The van der Waals surface area contributed by atoms with Crippen LogP contribution in [0.5, 0.6) is 0 Å². The molecular weight excluding hydrogens is 390 g/mol. The van der Waals surface area contributed by atoms with Gasteiger partial charge in [-0.25, -0.2) is 8.42 Å². The molecule has 0 atom stereocenters. The van der Waals surface area contributed by atoms with E-state index < -0.39 is 25.4 Å². The van der Waals surface area contributed by atoms with Crippen LogP contribution in [0.1, 0.15) is 5.56 Å². The third-order valence-electron chi connectivity index (χ3n) is 3.11. The Bertz CT molecular complexity index is 959. The van der Waals surface area contributed by atoms with E-state index in [1.807, 2.05) is 0 Å². The van der Waals surface area contributed by atoms with Crippen molar-refractivity contribution in [3.63, 3.8) is 0 Å². The number of sulfone groups is 1. The number of hydrogen-bond acceptors (Lipinski definition) is 4. The minimum absolute atomic E-state index is 0. The van der Waals surface area contributed by atoms with Crippen LogP contribution in [0.25, 0.3) is 0 Å². The Labute approximate surface area is 165 Å². The van der Waals surface area contributed by atoms with Gasteiger partial charge in [-0.1, -0.05) is 18.2 Å². The number of hydrogen-bond donors (Lipinski definition) is 1. The molecule has 0 fully saturated rings. The molecule has 2 aromatic carbocycles. The first-order chi connectivity index (χ1) is 10.9. The van der Waals surface area contributed by atoms with Gasteiger partial charge in [0.2, 0.25) is 9.84 Å². The normalized spacial score (nSPS) is 12.3. The molecule has 0 aromatic heterocycles. The minimum atomic E-state index is -5.57. The summed E-state index contributed by atoms with van der Waals surface area (Å²) in [5, 5.41) is 0. The fourth-order valence-electron chi connectivity index (χ4n) is 1.86. The van der Waals surface area contributed by atoms with Crippen LogP contribution in [-0.2, 0) is 19.9 Å². The van der Waals surface area contributed by atoms with Gasteiger partial charge in [-0.2, -0.15) is 21.6 Å². The fraction of sp³-hybridized carbons (Fsp3) is 0.143. The molecule has 0 aliphatic heterocycles. The molecule has 0 heterocycles. The molecule has 1 N–H and O–H groups in total. The molecule has 0 saturated heterocycles. The van der Waals surface area contributed by atoms with Crippen molar-refractivity contribution >= 4 is 55.1 Å². The summed E-state index contributed by atoms with van der Waals surface area (Å²) in [4.78, 5) is -0.130. The summed E-state index contributed by atoms with van der Waals surface area (Å²) in [6.45, 7) is 1.30. The van der Waals surface area contributed by atoms with E-state index in [1.165, 1.54) is 35.9 Å². The van der Waals surface area contributed by atoms with Crippen molar-refractivity contribution in [2.24, 2.45) is 0 Å². The van der Waals surface area contributed by atoms with Gasteiger partial charge in [-0.3, -0.25) is 4.72 Å². The van der Waals surface area contributed by atoms with Crippen molar-refractivity contribution in [3.05, 3.63) is 54.1 Å². The van der Waals surface area contributed by atoms with Crippen molar-refractivity contribution in [3.8, 4) is 0 Å². The van der Waals surface area contributed by atoms with Gasteiger partial charge in [0.25, 0.3) is 0 Å². The predicted octanol–water partition coefficient (Wildman–Crippen LogP) is 2.44. The molecule has 2 aromatic rings. The Morgan fingerprint density at radius 2 is 1.44 bits per heavy atom. The summed E-state index contributed by atoms with van der Waals surface area (Å²) in [5.41, 5.74) is -5.77. The van der Waals surface area contributed by atoms with Crippen LogP contribution in [-0.4, -0.2) is 51.9 Å². The van der Waals surface area contributed by atoms with E-state index in [-0.39, 0.29) is 50.6 Å². The van der Waals surface area contributed by atoms with Gasteiger partial charge in [0.15, 0.2) is 0 Å². The molecule has 11 heteroatoms. The van der Waals surface area contributed by atoms with E-state index >= 15 is 0 Å². The zero-order valence-corrected chi connectivity index (χ0v) is 13.8. The number of nitrogens with one attached hydrogen (secondary N) is 1. The van der Waals surface area contributed by atoms with E-state index in [2.05, 4.69) is 0 Å². The SMILES string of the molecule is Cc1cc(S(=O)(=O)c2ccccc2)ccc1NS(=O)(=O)C(F)(F)F.[NaH]. The van der Waals surface area contributed by atoms with Crippen LogP contribution >= 0.6 is 0 Å². The topological polar surface area (TPSA) is 80.3 Å². The predicted molar refractivity (Wildman–Crippen MR) is 88.8 cm³/mol. The Balaban J connectivity index is 0.00000312. The van der Waals surface area contributed by atoms with E-state index in [0.717, 1.165) is 18.2 Å². The van der Waals surface area contributed by atoms with Gasteiger partial charge in [-0.15, -0.1) is 0 Å². The number of aryl methyl sites for hydroxylation is 1. The second kappa shape index (κ2) is 7.67. The van der Waals surface area contributed by atoms with Crippen molar-refractivity contribution in [2.75, 3.05) is 4.72 Å². The second-order valence-electron chi connectivity index (χ2n) is 4.84. The average Bonchev–Trinajstić information content (AvgIpc) is 2.49. The maximum absolute atomic E-state index is 12.4. The summed E-state index contributed by atoms with van der Waals surface area (Å²) in [5.74, 6) is 0. The Hall–Kier alpha value is -1.07. The van der Waals surface area contributed by atoms with Crippen molar-refractivity contribution in [1.29, 1.82) is 0 Å². The third-order valence-corrected chi connectivity index (χ3v) is 5.98. The third kappa shape index (κ3) is 4.76. The Morgan fingerprint density at radius 1 is 0.880 bits per heavy atom. The summed E-state index contributed by atoms with van der Waals surface area (Å²) < 4.78 is 85.7. The summed E-state index contributed by atoms with van der Waals surface area (Å²) in [6.07, 6.45) is 0. The molecular formula is C14H13F3NNaO4S2. The van der Waals surface area contributed by atoms with Crippen LogP contribution in [0.2, 0.25) is 0 Å². The number of halogens is 3. The van der Waals surface area contributed by atoms with Crippen LogP contribution in [0.15, 0.2) is 58.3 Å². The number of sulfonamides is 1. The van der Waals surface area contributed by atoms with Gasteiger partial charge < -0.3 is 0 Å². The van der Waals surface area contributed by atoms with Crippen molar-refractivity contribution in [2.45, 2.75) is 22.2 Å². The molecule has 0 spiro atoms. The van der Waals surface area contributed by atoms with Gasteiger partial charge in [0, 0.05) is 0 Å². The van der Waals surface area contributed by atoms with Crippen molar-refractivity contribution in [1.82, 2.24) is 0 Å². The van der Waals surface area contributed by atoms with E-state index in [1.54, 1.807) is 6.07 Å². The Kier molecular flexibility index (Phi) is 6.74. The molecule has 0 aliphatic rings. The van der Waals surface area contributed by atoms with Gasteiger partial charge in [0.05, 0.1) is 15.5 Å². The van der Waals surface area contributed by atoms with Crippen LogP contribution < -0.4 is 4.72 Å². The molecule has 0 radical (unpaired) electrons. The first-order valence-corrected chi connectivity index (χ1v) is 9.42. The quantitative estimate of drug-likeness (QED) is 0.796. The fourth-order valence-corrected chi connectivity index (χ4v) is 3.86. The molecule has 0 unspecified atom stereocenters. The zero-order valence-electron chi connectivity index (χ0n) is 12.2. The average molecular weight is 403 g/mol. The summed E-state index contributed by atoms with van der Waals surface area (Å²) >= 11 is 0. The molecule has 2 rings (SSSR count). The standard InChI is InChI=1S/C14H12F3NO4S2.Na.H/c1-10-9-12(23(19,20)11-5-3-2-4-6-11)7-8-13(10)18-24(21,22)14(15,16)17;;/h2-9,18H,1H3;;. The van der Waals surface area contributed by atoms with Crippen molar-refractivity contribution < 1.29 is 30.0 Å². The first kappa shape index (κ1) is 22.0. The van der Waals surface area contributed by atoms with Crippen LogP contribution in [0.3, 0.4) is 0 Å². The van der Waals surface area contributed by atoms with Gasteiger partial charge in [-0.05, 0) is 42.8 Å². The number of anilines is 1. The molecule has 0 bridgehead atoms. The molecule has 0 saturated carbocycles. The Morgan fingerprint density at radius 3 is 1.92 bits per heavy atom. The summed E-state index contributed by atoms with van der Waals surface area (Å²) in [6, 6.07) is 10.6. The van der Waals surface area contributed by atoms with Gasteiger partial charge >= 0.3 is 45.1 Å². The number of benzene rings is 2. The molecule has 5 nitrogen and oxygen atoms in total. The van der Waals surface area contributed by atoms with E-state index in [4.69, 9.17) is 0 Å². The van der Waals surface area contributed by atoms with Gasteiger partial charge in [0.1, 0.15) is 0 Å². The first-order valence-electron chi connectivity index (χ1n) is 6.45. The van der Waals surface area contributed by atoms with E-state index in [9.17, 15) is 30.0 Å². The number of alkyl halides is 3. The molecule has 0 aliphatic carbocycles. The number of rotatable bonds is 4. The monoisotopic (exact) mass is 403 g/mol.